The third-order valence-corrected chi connectivity index (χ3v) is 6.59. The largest absolute Gasteiger partial charge is 0.352 e. The van der Waals surface area contributed by atoms with Crippen molar-refractivity contribution < 1.29 is 13.2 Å². The molecule has 2 rings (SSSR count). The molecule has 0 bridgehead atoms. The number of nitrogens with zero attached hydrogens (tertiary/aromatic N) is 1. The molecule has 7 heteroatoms. The molecule has 26 heavy (non-hydrogen) atoms. The topological polar surface area (TPSA) is 66.5 Å². The van der Waals surface area contributed by atoms with Crippen molar-refractivity contribution in [1.29, 1.82) is 0 Å². The van der Waals surface area contributed by atoms with Gasteiger partial charge < -0.3 is 5.32 Å². The lowest BCUT2D eigenvalue weighted by Crippen LogP contribution is -2.31. The Bertz CT molecular complexity index is 850. The highest BCUT2D eigenvalue weighted by Crippen LogP contribution is 2.25. The molecule has 1 N–H and O–H groups in total. The van der Waals surface area contributed by atoms with Crippen LogP contribution in [0.4, 0.5) is 0 Å². The summed E-state index contributed by atoms with van der Waals surface area (Å²) in [5.41, 5.74) is 1.39. The number of halogens is 1. The Morgan fingerprint density at radius 1 is 1.08 bits per heavy atom. The van der Waals surface area contributed by atoms with E-state index < -0.39 is 10.0 Å². The van der Waals surface area contributed by atoms with Crippen LogP contribution in [-0.4, -0.2) is 38.3 Å². The molecule has 0 aliphatic carbocycles. The third kappa shape index (κ3) is 4.84. The number of carbonyl (C=O) groups excluding carboxylic acids is 1. The van der Waals surface area contributed by atoms with Crippen molar-refractivity contribution in [2.75, 3.05) is 19.6 Å². The van der Waals surface area contributed by atoms with Gasteiger partial charge in [0, 0.05) is 25.2 Å². The fraction of sp³-hybridized carbons (Fsp3) is 0.316. The maximum absolute atomic E-state index is 12.7. The van der Waals surface area contributed by atoms with Gasteiger partial charge in [0.25, 0.3) is 5.91 Å². The Morgan fingerprint density at radius 2 is 1.73 bits per heavy atom. The van der Waals surface area contributed by atoms with Crippen LogP contribution >= 0.6 is 11.6 Å². The second-order valence-corrected chi connectivity index (χ2v) is 8.04. The summed E-state index contributed by atoms with van der Waals surface area (Å²) in [7, 11) is -3.73. The highest BCUT2D eigenvalue weighted by atomic mass is 35.5. The van der Waals surface area contributed by atoms with Crippen LogP contribution in [-0.2, 0) is 16.4 Å². The van der Waals surface area contributed by atoms with Crippen LogP contribution in [0, 0.1) is 0 Å². The molecule has 0 aliphatic rings. The summed E-state index contributed by atoms with van der Waals surface area (Å²) in [6.07, 6.45) is 0.699. The van der Waals surface area contributed by atoms with Gasteiger partial charge in [-0.05, 0) is 30.2 Å². The zero-order valence-corrected chi connectivity index (χ0v) is 16.5. The Labute approximate surface area is 160 Å². The van der Waals surface area contributed by atoms with Crippen molar-refractivity contribution in [3.8, 4) is 0 Å². The average Bonchev–Trinajstić information content (AvgIpc) is 2.63. The summed E-state index contributed by atoms with van der Waals surface area (Å²) in [5, 5.41) is 2.92. The molecule has 2 aromatic rings. The minimum atomic E-state index is -3.73. The van der Waals surface area contributed by atoms with Crippen LogP contribution in [0.2, 0.25) is 5.02 Å². The molecule has 0 aliphatic heterocycles. The quantitative estimate of drug-likeness (QED) is 0.746. The first kappa shape index (κ1) is 20.4. The van der Waals surface area contributed by atoms with E-state index in [1.165, 1.54) is 22.5 Å². The van der Waals surface area contributed by atoms with Crippen molar-refractivity contribution in [2.45, 2.75) is 25.2 Å². The summed E-state index contributed by atoms with van der Waals surface area (Å²) in [6.45, 7) is 4.65. The molecule has 5 nitrogen and oxygen atoms in total. The number of nitrogens with one attached hydrogen (secondary N) is 1. The second-order valence-electron chi connectivity index (χ2n) is 5.73. The van der Waals surface area contributed by atoms with Crippen LogP contribution in [0.1, 0.15) is 29.8 Å². The SMILES string of the molecule is CCN(CC)S(=O)(=O)c1cc(C(=O)NCCc2ccccc2)ccc1Cl. The van der Waals surface area contributed by atoms with Crippen molar-refractivity contribution >= 4 is 27.5 Å². The zero-order valence-electron chi connectivity index (χ0n) is 14.9. The number of benzene rings is 2. The molecule has 2 aromatic carbocycles. The number of amides is 1. The highest BCUT2D eigenvalue weighted by molar-refractivity contribution is 7.89. The lowest BCUT2D eigenvalue weighted by atomic mass is 10.1. The average molecular weight is 395 g/mol. The zero-order chi connectivity index (χ0) is 19.2. The van der Waals surface area contributed by atoms with Gasteiger partial charge in [0.2, 0.25) is 10.0 Å². The Morgan fingerprint density at radius 3 is 2.35 bits per heavy atom. The third-order valence-electron chi connectivity index (χ3n) is 4.06. The first-order chi connectivity index (χ1) is 12.4. The van der Waals surface area contributed by atoms with Crippen LogP contribution in [0.15, 0.2) is 53.4 Å². The minimum absolute atomic E-state index is 0.0430. The van der Waals surface area contributed by atoms with E-state index in [0.29, 0.717) is 26.1 Å². The first-order valence-electron chi connectivity index (χ1n) is 8.52. The molecule has 0 aromatic heterocycles. The molecule has 0 heterocycles. The molecule has 0 fully saturated rings. The molecule has 0 unspecified atom stereocenters. The Balaban J connectivity index is 2.14. The molecule has 0 radical (unpaired) electrons. The molecule has 140 valence electrons. The number of hydrogen-bond donors (Lipinski definition) is 1. The Kier molecular flexibility index (Phi) is 7.20. The lowest BCUT2D eigenvalue weighted by Gasteiger charge is -2.19. The van der Waals surface area contributed by atoms with Crippen LogP contribution in [0.5, 0.6) is 0 Å². The van der Waals surface area contributed by atoms with Gasteiger partial charge in [-0.15, -0.1) is 0 Å². The summed E-state index contributed by atoms with van der Waals surface area (Å²) >= 11 is 6.09. The van der Waals surface area contributed by atoms with E-state index in [9.17, 15) is 13.2 Å². The van der Waals surface area contributed by atoms with Gasteiger partial charge in [-0.1, -0.05) is 55.8 Å². The van der Waals surface area contributed by atoms with E-state index in [2.05, 4.69) is 5.32 Å². The fourth-order valence-corrected chi connectivity index (χ4v) is 4.57. The molecular formula is C19H23ClN2O3S. The fourth-order valence-electron chi connectivity index (χ4n) is 2.61. The lowest BCUT2D eigenvalue weighted by molar-refractivity contribution is 0.0954. The standard InChI is InChI=1S/C19H23ClN2O3S/c1-3-22(4-2)26(24,25)18-14-16(10-11-17(18)20)19(23)21-13-12-15-8-6-5-7-9-15/h5-11,14H,3-4,12-13H2,1-2H3,(H,21,23). The Hall–Kier alpha value is -1.89. The highest BCUT2D eigenvalue weighted by Gasteiger charge is 2.25. The van der Waals surface area contributed by atoms with E-state index in [-0.39, 0.29) is 21.4 Å². The van der Waals surface area contributed by atoms with E-state index >= 15 is 0 Å². The minimum Gasteiger partial charge on any atom is -0.352 e. The van der Waals surface area contributed by atoms with E-state index in [1.54, 1.807) is 13.8 Å². The number of sulfonamides is 1. The maximum atomic E-state index is 12.7. The first-order valence-corrected chi connectivity index (χ1v) is 10.3. The van der Waals surface area contributed by atoms with Gasteiger partial charge in [-0.25, -0.2) is 8.42 Å². The van der Waals surface area contributed by atoms with Gasteiger partial charge in [0.1, 0.15) is 4.90 Å². The number of hydrogen-bond acceptors (Lipinski definition) is 3. The number of rotatable bonds is 8. The smallest absolute Gasteiger partial charge is 0.251 e. The van der Waals surface area contributed by atoms with Gasteiger partial charge in [-0.2, -0.15) is 4.31 Å². The van der Waals surface area contributed by atoms with Gasteiger partial charge >= 0.3 is 0 Å². The molecule has 0 spiro atoms. The summed E-state index contributed by atoms with van der Waals surface area (Å²) in [5.74, 6) is -0.325. The monoisotopic (exact) mass is 394 g/mol. The van der Waals surface area contributed by atoms with E-state index in [1.807, 2.05) is 30.3 Å². The van der Waals surface area contributed by atoms with Gasteiger partial charge in [0.05, 0.1) is 5.02 Å². The molecule has 0 saturated carbocycles. The summed E-state index contributed by atoms with van der Waals surface area (Å²) < 4.78 is 26.7. The van der Waals surface area contributed by atoms with E-state index in [4.69, 9.17) is 11.6 Å². The van der Waals surface area contributed by atoms with Crippen LogP contribution in [0.3, 0.4) is 0 Å². The van der Waals surface area contributed by atoms with Crippen molar-refractivity contribution in [3.63, 3.8) is 0 Å². The van der Waals surface area contributed by atoms with Crippen molar-refractivity contribution in [2.24, 2.45) is 0 Å². The molecule has 0 atom stereocenters. The molecule has 0 saturated heterocycles. The van der Waals surface area contributed by atoms with Crippen LogP contribution in [0.25, 0.3) is 0 Å². The number of carbonyl (C=O) groups is 1. The van der Waals surface area contributed by atoms with E-state index in [0.717, 1.165) is 5.56 Å². The predicted molar refractivity (Wildman–Crippen MR) is 104 cm³/mol. The second kappa shape index (κ2) is 9.16. The van der Waals surface area contributed by atoms with Gasteiger partial charge in [0.15, 0.2) is 0 Å². The normalized spacial score (nSPS) is 11.5. The molecule has 1 amide bonds. The summed E-state index contributed by atoms with van der Waals surface area (Å²) in [6, 6.07) is 14.1. The van der Waals surface area contributed by atoms with Crippen LogP contribution < -0.4 is 5.32 Å². The predicted octanol–water partition coefficient (Wildman–Crippen LogP) is 3.34. The summed E-state index contributed by atoms with van der Waals surface area (Å²) in [4.78, 5) is 12.3. The maximum Gasteiger partial charge on any atom is 0.251 e. The van der Waals surface area contributed by atoms with Crippen molar-refractivity contribution in [3.05, 3.63) is 64.7 Å². The van der Waals surface area contributed by atoms with Gasteiger partial charge in [-0.3, -0.25) is 4.79 Å². The molecular weight excluding hydrogens is 372 g/mol. The van der Waals surface area contributed by atoms with Crippen molar-refractivity contribution in [1.82, 2.24) is 9.62 Å².